The zero-order valence-corrected chi connectivity index (χ0v) is 15.3. The van der Waals surface area contributed by atoms with E-state index < -0.39 is 29.5 Å². The number of rotatable bonds is 3. The fraction of sp³-hybridized carbons (Fsp3) is 0.316. The molecule has 0 saturated heterocycles. The van der Waals surface area contributed by atoms with Crippen LogP contribution < -0.4 is 23.7 Å². The number of aliphatic hydroxyl groups is 2. The molecule has 148 valence electrons. The molecule has 0 radical (unpaired) electrons. The number of hydrogen-bond donors (Lipinski definition) is 3. The smallest absolute Gasteiger partial charge is 0.238 e. The second-order valence-corrected chi connectivity index (χ2v) is 6.37. The van der Waals surface area contributed by atoms with Crippen molar-refractivity contribution < 1.29 is 43.8 Å². The fourth-order valence-corrected chi connectivity index (χ4v) is 3.54. The molecule has 9 nitrogen and oxygen atoms in total. The molecule has 0 aliphatic carbocycles. The Balaban J connectivity index is 1.95. The van der Waals surface area contributed by atoms with Gasteiger partial charge in [0.1, 0.15) is 28.6 Å². The summed E-state index contributed by atoms with van der Waals surface area (Å²) in [6.45, 7) is 0. The Labute approximate surface area is 159 Å². The normalized spacial score (nSPS) is 24.8. The van der Waals surface area contributed by atoms with Gasteiger partial charge in [0.25, 0.3) is 0 Å². The van der Waals surface area contributed by atoms with Gasteiger partial charge in [0.2, 0.25) is 18.2 Å². The quantitative estimate of drug-likeness (QED) is 0.703. The number of phenolic OH excluding ortho intramolecular Hbond substituents is 1. The maximum atomic E-state index is 13.3. The Bertz CT molecular complexity index is 970. The van der Waals surface area contributed by atoms with Gasteiger partial charge in [-0.15, -0.1) is 0 Å². The van der Waals surface area contributed by atoms with Gasteiger partial charge in [0.15, 0.2) is 17.1 Å². The average molecular weight is 390 g/mol. The Hall–Kier alpha value is -3.17. The molecule has 2 heterocycles. The lowest BCUT2D eigenvalue weighted by molar-refractivity contribution is -0.179. The number of aromatic hydroxyl groups is 1. The minimum Gasteiger partial charge on any atom is -0.507 e. The highest BCUT2D eigenvalue weighted by molar-refractivity contribution is 6.09. The zero-order valence-electron chi connectivity index (χ0n) is 15.3. The Kier molecular flexibility index (Phi) is 4.02. The van der Waals surface area contributed by atoms with Crippen molar-refractivity contribution in [2.75, 3.05) is 21.3 Å². The van der Waals surface area contributed by atoms with E-state index in [4.69, 9.17) is 23.7 Å². The summed E-state index contributed by atoms with van der Waals surface area (Å²) in [5.74, 6) is -0.518. The predicted octanol–water partition coefficient (Wildman–Crippen LogP) is 0.960. The van der Waals surface area contributed by atoms with Gasteiger partial charge in [-0.25, -0.2) is 0 Å². The third kappa shape index (κ3) is 2.30. The number of ether oxygens (including phenoxy) is 5. The lowest BCUT2D eigenvalue weighted by atomic mass is 9.76. The first-order valence-corrected chi connectivity index (χ1v) is 8.31. The lowest BCUT2D eigenvalue weighted by Crippen LogP contribution is -2.61. The third-order valence-electron chi connectivity index (χ3n) is 4.93. The summed E-state index contributed by atoms with van der Waals surface area (Å²) < 4.78 is 26.6. The minimum absolute atomic E-state index is 0.0197. The third-order valence-corrected chi connectivity index (χ3v) is 4.93. The number of benzene rings is 2. The van der Waals surface area contributed by atoms with Crippen LogP contribution in [0.1, 0.15) is 15.9 Å². The molecule has 2 aliphatic heterocycles. The summed E-state index contributed by atoms with van der Waals surface area (Å²) in [5, 5.41) is 32.1. The monoisotopic (exact) mass is 390 g/mol. The van der Waals surface area contributed by atoms with Crippen LogP contribution in [-0.2, 0) is 5.60 Å². The average Bonchev–Trinajstić information content (AvgIpc) is 2.68. The molecule has 3 unspecified atom stereocenters. The van der Waals surface area contributed by atoms with Crippen LogP contribution >= 0.6 is 0 Å². The maximum Gasteiger partial charge on any atom is 0.238 e. The van der Waals surface area contributed by atoms with Gasteiger partial charge < -0.3 is 39.0 Å². The van der Waals surface area contributed by atoms with Crippen molar-refractivity contribution in [3.8, 4) is 34.5 Å². The van der Waals surface area contributed by atoms with E-state index in [2.05, 4.69) is 0 Å². The van der Waals surface area contributed by atoms with Crippen molar-refractivity contribution in [1.29, 1.82) is 0 Å². The first-order valence-electron chi connectivity index (χ1n) is 8.31. The molecule has 9 heteroatoms. The van der Waals surface area contributed by atoms with E-state index in [0.717, 1.165) is 0 Å². The second kappa shape index (κ2) is 6.18. The van der Waals surface area contributed by atoms with E-state index >= 15 is 0 Å². The van der Waals surface area contributed by atoms with E-state index in [-0.39, 0.29) is 39.9 Å². The van der Waals surface area contributed by atoms with E-state index in [1.165, 1.54) is 45.6 Å². The van der Waals surface area contributed by atoms with Crippen LogP contribution in [0, 0.1) is 0 Å². The molecule has 28 heavy (non-hydrogen) atoms. The standard InChI is InChI=1S/C19H18O9/c1-24-8-4-10(20)15-14(5-8)27-17-18(22)28-11-7-13(26-3)12(25-2)6-9(11)19(17,23)16(15)21/h4-7,17-18,20,22-23H,1-3H3. The molecule has 0 spiro atoms. The van der Waals surface area contributed by atoms with Crippen LogP contribution in [-0.4, -0.2) is 54.8 Å². The summed E-state index contributed by atoms with van der Waals surface area (Å²) >= 11 is 0. The van der Waals surface area contributed by atoms with Crippen molar-refractivity contribution in [2.24, 2.45) is 0 Å². The number of carbonyl (C=O) groups excluding carboxylic acids is 1. The molecule has 0 aromatic heterocycles. The first-order chi connectivity index (χ1) is 13.3. The predicted molar refractivity (Wildman–Crippen MR) is 93.5 cm³/mol. The minimum atomic E-state index is -2.33. The van der Waals surface area contributed by atoms with Crippen LogP contribution in [0.2, 0.25) is 0 Å². The van der Waals surface area contributed by atoms with Crippen LogP contribution in [0.3, 0.4) is 0 Å². The van der Waals surface area contributed by atoms with Crippen molar-refractivity contribution in [3.05, 3.63) is 35.4 Å². The van der Waals surface area contributed by atoms with Gasteiger partial charge in [-0.05, 0) is 6.07 Å². The SMILES string of the molecule is COc1cc(O)c2c(c1)OC1C(O)Oc3cc(OC)c(OC)cc3C1(O)C2=O. The molecular formula is C19H18O9. The van der Waals surface area contributed by atoms with Gasteiger partial charge in [-0.1, -0.05) is 0 Å². The Morgan fingerprint density at radius 1 is 0.964 bits per heavy atom. The number of Topliss-reactive ketones (excluding diaryl/α,β-unsaturated/α-hetero) is 1. The van der Waals surface area contributed by atoms with E-state index in [1.807, 2.05) is 0 Å². The summed E-state index contributed by atoms with van der Waals surface area (Å²) in [6.07, 6.45) is -3.15. The van der Waals surface area contributed by atoms with Crippen molar-refractivity contribution in [3.63, 3.8) is 0 Å². The number of aliphatic hydroxyl groups excluding tert-OH is 1. The first kappa shape index (κ1) is 18.2. The van der Waals surface area contributed by atoms with Crippen LogP contribution in [0.25, 0.3) is 0 Å². The summed E-state index contributed by atoms with van der Waals surface area (Å²) in [4.78, 5) is 13.3. The Morgan fingerprint density at radius 3 is 2.29 bits per heavy atom. The fourth-order valence-electron chi connectivity index (χ4n) is 3.54. The van der Waals surface area contributed by atoms with Gasteiger partial charge in [0.05, 0.1) is 21.3 Å². The molecule has 3 atom stereocenters. The topological polar surface area (TPSA) is 124 Å². The van der Waals surface area contributed by atoms with Gasteiger partial charge >= 0.3 is 0 Å². The number of carbonyl (C=O) groups is 1. The van der Waals surface area contributed by atoms with E-state index in [1.54, 1.807) is 0 Å². The molecule has 0 amide bonds. The molecule has 2 aromatic carbocycles. The largest absolute Gasteiger partial charge is 0.507 e. The zero-order chi connectivity index (χ0) is 20.2. The molecule has 4 rings (SSSR count). The molecular weight excluding hydrogens is 372 g/mol. The highest BCUT2D eigenvalue weighted by atomic mass is 16.6. The molecule has 0 fully saturated rings. The molecule has 0 saturated carbocycles. The summed E-state index contributed by atoms with van der Waals surface area (Å²) in [5.41, 5.74) is -2.54. The highest BCUT2D eigenvalue weighted by Crippen LogP contribution is 2.52. The number of fused-ring (bicyclic) bond motifs is 4. The summed E-state index contributed by atoms with van der Waals surface area (Å²) in [7, 11) is 4.20. The number of phenols is 1. The summed E-state index contributed by atoms with van der Waals surface area (Å²) in [6, 6.07) is 5.38. The van der Waals surface area contributed by atoms with Gasteiger partial charge in [-0.3, -0.25) is 4.79 Å². The van der Waals surface area contributed by atoms with Crippen molar-refractivity contribution in [1.82, 2.24) is 0 Å². The van der Waals surface area contributed by atoms with Crippen molar-refractivity contribution in [2.45, 2.75) is 18.0 Å². The van der Waals surface area contributed by atoms with Gasteiger partial charge in [-0.2, -0.15) is 0 Å². The molecule has 2 aromatic rings. The molecule has 3 N–H and O–H groups in total. The maximum absolute atomic E-state index is 13.3. The number of ketones is 1. The number of hydrogen-bond acceptors (Lipinski definition) is 9. The second-order valence-electron chi connectivity index (χ2n) is 6.37. The van der Waals surface area contributed by atoms with Crippen molar-refractivity contribution >= 4 is 5.78 Å². The van der Waals surface area contributed by atoms with Gasteiger partial charge in [0, 0.05) is 23.8 Å². The molecule has 2 aliphatic rings. The highest BCUT2D eigenvalue weighted by Gasteiger charge is 2.60. The van der Waals surface area contributed by atoms with Crippen LogP contribution in [0.5, 0.6) is 34.5 Å². The van der Waals surface area contributed by atoms with Crippen LogP contribution in [0.4, 0.5) is 0 Å². The lowest BCUT2D eigenvalue weighted by Gasteiger charge is -2.45. The van der Waals surface area contributed by atoms with Crippen LogP contribution in [0.15, 0.2) is 24.3 Å². The van der Waals surface area contributed by atoms with E-state index in [0.29, 0.717) is 0 Å². The Morgan fingerprint density at radius 2 is 1.64 bits per heavy atom. The van der Waals surface area contributed by atoms with E-state index in [9.17, 15) is 20.1 Å². The number of methoxy groups -OCH3 is 3. The molecule has 0 bridgehead atoms.